The Kier molecular flexibility index (Phi) is 5.23. The Morgan fingerprint density at radius 3 is 2.82 bits per heavy atom. The third-order valence-electron chi connectivity index (χ3n) is 6.03. The van der Waals surface area contributed by atoms with E-state index in [-0.39, 0.29) is 30.3 Å². The summed E-state index contributed by atoms with van der Waals surface area (Å²) in [6.45, 7) is 6.05. The molecule has 2 bridgehead atoms. The minimum atomic E-state index is -0.952. The maximum absolute atomic E-state index is 13.0. The number of ether oxygens (including phenoxy) is 2. The molecule has 3 aliphatic heterocycles. The third kappa shape index (κ3) is 3.07. The van der Waals surface area contributed by atoms with Crippen LogP contribution in [0.15, 0.2) is 32.7 Å². The van der Waals surface area contributed by atoms with E-state index in [1.165, 1.54) is 0 Å². The van der Waals surface area contributed by atoms with Crippen molar-refractivity contribution in [2.75, 3.05) is 6.61 Å². The van der Waals surface area contributed by atoms with Gasteiger partial charge in [-0.05, 0) is 70.0 Å². The molecule has 3 atom stereocenters. The van der Waals surface area contributed by atoms with Crippen LogP contribution in [0.25, 0.3) is 0 Å². The van der Waals surface area contributed by atoms with Crippen LogP contribution in [0.5, 0.6) is 11.5 Å². The molecule has 0 unspecified atom stereocenters. The highest BCUT2D eigenvalue weighted by molar-refractivity contribution is 9.11. The van der Waals surface area contributed by atoms with Crippen molar-refractivity contribution < 1.29 is 24.5 Å². The number of fused-ring (bicyclic) bond motifs is 1. The number of hydrogen-bond donors (Lipinski definition) is 2. The summed E-state index contributed by atoms with van der Waals surface area (Å²) in [6.07, 6.45) is 4.74. The van der Waals surface area contributed by atoms with Crippen LogP contribution in [0.2, 0.25) is 0 Å². The Morgan fingerprint density at radius 1 is 1.39 bits per heavy atom. The number of epoxide rings is 1. The number of aliphatic hydroxyl groups excluding tert-OH is 1. The second-order valence-electron chi connectivity index (χ2n) is 7.78. The molecular weight excluding hydrogens is 492 g/mol. The van der Waals surface area contributed by atoms with Gasteiger partial charge in [0.1, 0.15) is 17.6 Å². The molecule has 1 spiro atoms. The fourth-order valence-corrected chi connectivity index (χ4v) is 5.80. The number of rotatable bonds is 2. The van der Waals surface area contributed by atoms with E-state index in [1.54, 1.807) is 0 Å². The highest BCUT2D eigenvalue weighted by Gasteiger charge is 2.65. The second kappa shape index (κ2) is 7.27. The van der Waals surface area contributed by atoms with Gasteiger partial charge in [-0.25, -0.2) is 4.79 Å². The average Bonchev–Trinajstić information content (AvgIpc) is 3.37. The number of carbonyl (C=O) groups is 1. The van der Waals surface area contributed by atoms with Crippen LogP contribution in [0.1, 0.15) is 49.7 Å². The Morgan fingerprint density at radius 2 is 2.14 bits per heavy atom. The number of esters is 1. The van der Waals surface area contributed by atoms with Crippen molar-refractivity contribution in [1.29, 1.82) is 0 Å². The van der Waals surface area contributed by atoms with Gasteiger partial charge in [0.25, 0.3) is 0 Å². The average molecular weight is 514 g/mol. The van der Waals surface area contributed by atoms with Gasteiger partial charge in [-0.2, -0.15) is 0 Å². The summed E-state index contributed by atoms with van der Waals surface area (Å²) in [4.78, 5) is 13.0. The van der Waals surface area contributed by atoms with Crippen molar-refractivity contribution in [3.63, 3.8) is 0 Å². The number of phenolic OH excluding ortho intramolecular Hbond substituents is 1. The zero-order valence-corrected chi connectivity index (χ0v) is 18.7. The first-order chi connectivity index (χ1) is 13.3. The van der Waals surface area contributed by atoms with Crippen molar-refractivity contribution in [1.82, 2.24) is 0 Å². The van der Waals surface area contributed by atoms with Gasteiger partial charge >= 0.3 is 5.97 Å². The minimum Gasteiger partial charge on any atom is -0.506 e. The van der Waals surface area contributed by atoms with Crippen LogP contribution in [-0.4, -0.2) is 34.5 Å². The molecule has 28 heavy (non-hydrogen) atoms. The van der Waals surface area contributed by atoms with E-state index in [9.17, 15) is 15.0 Å². The van der Waals surface area contributed by atoms with Crippen LogP contribution in [0, 0.1) is 0 Å². The number of halogens is 2. The molecule has 2 N–H and O–H groups in total. The number of carbonyl (C=O) groups excluding carboxylic acids is 1. The molecule has 0 amide bonds. The van der Waals surface area contributed by atoms with E-state index < -0.39 is 5.60 Å². The molecule has 0 radical (unpaired) electrons. The third-order valence-corrected chi connectivity index (χ3v) is 7.69. The summed E-state index contributed by atoms with van der Waals surface area (Å²) in [5, 5.41) is 20.5. The van der Waals surface area contributed by atoms with Crippen molar-refractivity contribution in [2.45, 2.75) is 56.7 Å². The van der Waals surface area contributed by atoms with Gasteiger partial charge in [0.05, 0.1) is 15.6 Å². The first-order valence-corrected chi connectivity index (χ1v) is 11.0. The molecule has 1 aromatic carbocycles. The largest absolute Gasteiger partial charge is 0.506 e. The Hall–Kier alpha value is -1.15. The van der Waals surface area contributed by atoms with E-state index in [4.69, 9.17) is 9.47 Å². The molecule has 1 saturated heterocycles. The standard InChI is InChI=1S/C21H22Br2O5/c1-10(2)12-6-5-11(9-24)4-3-7-21-14(28-21)8-13-16(22)18(25)17(23)15(12)19(13)27-20(21)26/h4,12,14,24-25H,1,3,5-9H2,2H3/b11-4-/t12-,14-,21+/m0/s1. The van der Waals surface area contributed by atoms with E-state index in [1.807, 2.05) is 13.0 Å². The van der Waals surface area contributed by atoms with Crippen LogP contribution in [0.3, 0.4) is 0 Å². The van der Waals surface area contributed by atoms with Gasteiger partial charge in [-0.3, -0.25) is 0 Å². The quantitative estimate of drug-likeness (QED) is 0.260. The number of hydrogen-bond acceptors (Lipinski definition) is 5. The maximum atomic E-state index is 13.0. The van der Waals surface area contributed by atoms with E-state index in [0.29, 0.717) is 46.8 Å². The molecule has 0 saturated carbocycles. The lowest BCUT2D eigenvalue weighted by Crippen LogP contribution is -2.31. The summed E-state index contributed by atoms with van der Waals surface area (Å²) in [7, 11) is 0. The smallest absolute Gasteiger partial charge is 0.346 e. The lowest BCUT2D eigenvalue weighted by Gasteiger charge is -2.26. The molecule has 3 aliphatic rings. The summed E-state index contributed by atoms with van der Waals surface area (Å²) >= 11 is 6.99. The maximum Gasteiger partial charge on any atom is 0.346 e. The predicted octanol–water partition coefficient (Wildman–Crippen LogP) is 4.67. The zero-order valence-electron chi connectivity index (χ0n) is 15.6. The fourth-order valence-electron chi connectivity index (χ4n) is 4.33. The second-order valence-corrected chi connectivity index (χ2v) is 9.37. The molecule has 4 rings (SSSR count). The van der Waals surface area contributed by atoms with Crippen LogP contribution in [0.4, 0.5) is 0 Å². The van der Waals surface area contributed by atoms with Gasteiger partial charge in [-0.15, -0.1) is 0 Å². The number of allylic oxidation sites excluding steroid dienone is 2. The first-order valence-electron chi connectivity index (χ1n) is 9.37. The lowest BCUT2D eigenvalue weighted by atomic mass is 9.85. The summed E-state index contributed by atoms with van der Waals surface area (Å²) in [5.74, 6) is 0.0365. The number of phenols is 1. The summed E-state index contributed by atoms with van der Waals surface area (Å²) in [6, 6.07) is 0. The molecule has 7 heteroatoms. The Balaban J connectivity index is 1.95. The van der Waals surface area contributed by atoms with Gasteiger partial charge in [0.15, 0.2) is 5.60 Å². The summed E-state index contributed by atoms with van der Waals surface area (Å²) < 4.78 is 12.8. The van der Waals surface area contributed by atoms with Gasteiger partial charge in [0.2, 0.25) is 0 Å². The molecule has 1 fully saturated rings. The SMILES string of the molecule is C=C(C)[C@@H]1CC/C(CO)=C/CC[C@@]23O[C@H]2Cc2c(Br)c(O)c(Br)c1c2OC3=O. The molecule has 1 aromatic rings. The monoisotopic (exact) mass is 512 g/mol. The molecule has 150 valence electrons. The molecule has 0 aromatic heterocycles. The van der Waals surface area contributed by atoms with Gasteiger partial charge < -0.3 is 19.7 Å². The topological polar surface area (TPSA) is 79.3 Å². The molecule has 3 heterocycles. The Bertz CT molecular complexity index is 907. The van der Waals surface area contributed by atoms with Crippen molar-refractivity contribution in [2.24, 2.45) is 0 Å². The van der Waals surface area contributed by atoms with Crippen LogP contribution >= 0.6 is 31.9 Å². The zero-order chi connectivity index (χ0) is 20.2. The van der Waals surface area contributed by atoms with Gasteiger partial charge in [-0.1, -0.05) is 18.2 Å². The summed E-state index contributed by atoms with van der Waals surface area (Å²) in [5.41, 5.74) is 2.36. The van der Waals surface area contributed by atoms with E-state index in [0.717, 1.165) is 22.3 Å². The van der Waals surface area contributed by atoms with Crippen LogP contribution in [-0.2, 0) is 16.0 Å². The highest BCUT2D eigenvalue weighted by Crippen LogP contribution is 2.55. The first kappa shape index (κ1) is 20.1. The number of benzene rings is 1. The van der Waals surface area contributed by atoms with Crippen molar-refractivity contribution >= 4 is 37.8 Å². The lowest BCUT2D eigenvalue weighted by molar-refractivity contribution is -0.140. The fraction of sp³-hybridized carbons (Fsp3) is 0.476. The van der Waals surface area contributed by atoms with E-state index >= 15 is 0 Å². The van der Waals surface area contributed by atoms with E-state index in [2.05, 4.69) is 38.4 Å². The minimum absolute atomic E-state index is 0.0183. The highest BCUT2D eigenvalue weighted by atomic mass is 79.9. The number of aromatic hydroxyl groups is 1. The van der Waals surface area contributed by atoms with Crippen molar-refractivity contribution in [3.8, 4) is 11.5 Å². The van der Waals surface area contributed by atoms with Crippen molar-refractivity contribution in [3.05, 3.63) is 43.9 Å². The predicted molar refractivity (Wildman–Crippen MR) is 112 cm³/mol. The number of aliphatic hydroxyl groups is 1. The van der Waals surface area contributed by atoms with Crippen LogP contribution < -0.4 is 4.74 Å². The molecular formula is C21H22Br2O5. The molecule has 5 nitrogen and oxygen atoms in total. The normalized spacial score (nSPS) is 30.9. The molecule has 0 aliphatic carbocycles. The Labute approximate surface area is 180 Å². The van der Waals surface area contributed by atoms with Gasteiger partial charge in [0, 0.05) is 23.5 Å².